The van der Waals surface area contributed by atoms with Gasteiger partial charge in [-0.15, -0.1) is 0 Å². The van der Waals surface area contributed by atoms with Crippen LogP contribution in [-0.4, -0.2) is 64.5 Å². The first-order valence-corrected chi connectivity index (χ1v) is 24.7. The van der Waals surface area contributed by atoms with Crippen LogP contribution in [0.2, 0.25) is 51.4 Å². The summed E-state index contributed by atoms with van der Waals surface area (Å²) in [6.07, 6.45) is 8.59. The molecule has 2 heterocycles. The maximum Gasteiger partial charge on any atom is 0.165 e. The monoisotopic (exact) mass is 658 g/mol. The maximum absolute atomic E-state index is 6.38. The summed E-state index contributed by atoms with van der Waals surface area (Å²) in [5, 5.41) is 7.31. The number of aromatic nitrogens is 3. The molecule has 1 unspecified atom stereocenters. The average molecular weight is 659 g/mol. The Kier molecular flexibility index (Phi) is 9.95. The van der Waals surface area contributed by atoms with E-state index in [0.717, 1.165) is 70.9 Å². The minimum atomic E-state index is -1.21. The Bertz CT molecular complexity index is 1610. The molecular formula is C37H54N4O3Si2. The van der Waals surface area contributed by atoms with Crippen LogP contribution in [0.3, 0.4) is 0 Å². The van der Waals surface area contributed by atoms with Gasteiger partial charge in [0, 0.05) is 52.6 Å². The largest absolute Gasteiger partial charge is 0.497 e. The number of hydrogen-bond donors (Lipinski definition) is 0. The van der Waals surface area contributed by atoms with Gasteiger partial charge in [-0.3, -0.25) is 0 Å². The Hall–Kier alpha value is -2.73. The van der Waals surface area contributed by atoms with Crippen LogP contribution in [0.15, 0.2) is 48.7 Å². The van der Waals surface area contributed by atoms with E-state index >= 15 is 0 Å². The maximum atomic E-state index is 6.38. The molecule has 2 fully saturated rings. The molecule has 0 spiro atoms. The van der Waals surface area contributed by atoms with Crippen LogP contribution in [0.4, 0.5) is 5.82 Å². The van der Waals surface area contributed by atoms with Gasteiger partial charge in [0.25, 0.3) is 0 Å². The summed E-state index contributed by atoms with van der Waals surface area (Å²) in [5.41, 5.74) is 4.25. The van der Waals surface area contributed by atoms with E-state index in [1.54, 1.807) is 7.11 Å². The fraction of sp³-hybridized carbons (Fsp3) is 0.568. The number of nitrogens with zero attached hydrogens (tertiary/aromatic N) is 4. The van der Waals surface area contributed by atoms with Crippen molar-refractivity contribution in [2.45, 2.75) is 89.4 Å². The molecule has 2 aliphatic carbocycles. The lowest BCUT2D eigenvalue weighted by atomic mass is 9.79. The van der Waals surface area contributed by atoms with Crippen LogP contribution in [0.25, 0.3) is 27.5 Å². The van der Waals surface area contributed by atoms with E-state index in [2.05, 4.69) is 80.6 Å². The van der Waals surface area contributed by atoms with Gasteiger partial charge in [0.15, 0.2) is 5.65 Å². The van der Waals surface area contributed by atoms with E-state index in [-0.39, 0.29) is 0 Å². The number of anilines is 1. The highest BCUT2D eigenvalue weighted by Gasteiger charge is 2.36. The Balaban J connectivity index is 1.39. The standard InChI is InChI=1S/C37H54N4O3Si2/c1-42-33-13-12-29-10-11-30(21-31(29)22-33)34-24-38-41-36(23-35(39-37(34)41)32-19-27-8-9-28(18-27)20-32)40(25-43-14-16-45(2,3)4)26-44-15-17-46(5,6)7/h10-13,21-24,27-28,32H,8-9,14-20,25-26H2,1-7H3/t27-,28+,32?. The quantitative estimate of drug-likeness (QED) is 0.0765. The summed E-state index contributed by atoms with van der Waals surface area (Å²) >= 11 is 0. The van der Waals surface area contributed by atoms with E-state index in [4.69, 9.17) is 24.3 Å². The smallest absolute Gasteiger partial charge is 0.165 e. The molecule has 3 atom stereocenters. The van der Waals surface area contributed by atoms with Crippen LogP contribution in [-0.2, 0) is 9.47 Å². The normalized spacial score (nSPS) is 20.1. The molecule has 2 aromatic heterocycles. The number of ether oxygens (including phenoxy) is 3. The van der Waals surface area contributed by atoms with Crippen molar-refractivity contribution in [1.82, 2.24) is 14.6 Å². The van der Waals surface area contributed by atoms with E-state index < -0.39 is 16.1 Å². The third-order valence-electron chi connectivity index (χ3n) is 9.95. The van der Waals surface area contributed by atoms with Crippen molar-refractivity contribution >= 4 is 38.4 Å². The second kappa shape index (κ2) is 13.8. The number of rotatable bonds is 14. The molecular weight excluding hydrogens is 605 g/mol. The molecule has 0 amide bonds. The Morgan fingerprint density at radius 3 is 2.09 bits per heavy atom. The van der Waals surface area contributed by atoms with Crippen molar-refractivity contribution in [2.24, 2.45) is 11.8 Å². The van der Waals surface area contributed by atoms with Crippen molar-refractivity contribution in [3.05, 3.63) is 54.4 Å². The van der Waals surface area contributed by atoms with Gasteiger partial charge in [-0.25, -0.2) is 4.98 Å². The predicted molar refractivity (Wildman–Crippen MR) is 196 cm³/mol. The van der Waals surface area contributed by atoms with Crippen molar-refractivity contribution in [3.63, 3.8) is 0 Å². The molecule has 2 aliphatic rings. The van der Waals surface area contributed by atoms with Gasteiger partial charge in [-0.2, -0.15) is 9.61 Å². The summed E-state index contributed by atoms with van der Waals surface area (Å²) in [6.45, 7) is 16.9. The van der Waals surface area contributed by atoms with Crippen molar-refractivity contribution in [2.75, 3.05) is 38.7 Å². The first-order valence-electron chi connectivity index (χ1n) is 17.3. The molecule has 2 bridgehead atoms. The number of hydrogen-bond acceptors (Lipinski definition) is 6. The third-order valence-corrected chi connectivity index (χ3v) is 13.4. The second-order valence-corrected chi connectivity index (χ2v) is 27.5. The highest BCUT2D eigenvalue weighted by Crippen LogP contribution is 2.48. The lowest BCUT2D eigenvalue weighted by Gasteiger charge is -2.30. The Morgan fingerprint density at radius 1 is 0.804 bits per heavy atom. The van der Waals surface area contributed by atoms with Crippen LogP contribution in [0.5, 0.6) is 5.75 Å². The van der Waals surface area contributed by atoms with E-state index in [0.29, 0.717) is 19.4 Å². The van der Waals surface area contributed by atoms with Gasteiger partial charge >= 0.3 is 0 Å². The molecule has 6 rings (SSSR count). The zero-order valence-electron chi connectivity index (χ0n) is 29.1. The first-order chi connectivity index (χ1) is 22.0. The molecule has 4 aromatic rings. The zero-order valence-corrected chi connectivity index (χ0v) is 31.1. The van der Waals surface area contributed by atoms with Crippen LogP contribution in [0.1, 0.15) is 43.7 Å². The topological polar surface area (TPSA) is 61.1 Å². The summed E-state index contributed by atoms with van der Waals surface area (Å²) in [6, 6.07) is 17.4. The van der Waals surface area contributed by atoms with Crippen LogP contribution in [0, 0.1) is 11.8 Å². The van der Waals surface area contributed by atoms with E-state index in [1.165, 1.54) is 43.2 Å². The first kappa shape index (κ1) is 33.2. The van der Waals surface area contributed by atoms with E-state index in [1.807, 2.05) is 16.8 Å². The van der Waals surface area contributed by atoms with Gasteiger partial charge in [-0.05, 0) is 77.7 Å². The highest BCUT2D eigenvalue weighted by atomic mass is 28.3. The molecule has 0 aliphatic heterocycles. The minimum absolute atomic E-state index is 0.469. The number of benzene rings is 2. The summed E-state index contributed by atoms with van der Waals surface area (Å²) in [7, 11) is -0.699. The Labute approximate surface area is 277 Å². The number of fused-ring (bicyclic) bond motifs is 4. The number of methoxy groups -OCH3 is 1. The van der Waals surface area contributed by atoms with Crippen LogP contribution >= 0.6 is 0 Å². The summed E-state index contributed by atoms with van der Waals surface area (Å²) in [4.78, 5) is 7.67. The molecule has 0 N–H and O–H groups in total. The third kappa shape index (κ3) is 8.04. The lowest BCUT2D eigenvalue weighted by Crippen LogP contribution is -2.33. The molecule has 46 heavy (non-hydrogen) atoms. The zero-order chi connectivity index (χ0) is 32.5. The highest BCUT2D eigenvalue weighted by molar-refractivity contribution is 6.76. The van der Waals surface area contributed by atoms with Crippen molar-refractivity contribution < 1.29 is 14.2 Å². The predicted octanol–water partition coefficient (Wildman–Crippen LogP) is 9.28. The molecule has 9 heteroatoms. The molecule has 2 saturated carbocycles. The van der Waals surface area contributed by atoms with Gasteiger partial charge in [-0.1, -0.05) is 70.3 Å². The second-order valence-electron chi connectivity index (χ2n) is 16.2. The van der Waals surface area contributed by atoms with Crippen molar-refractivity contribution in [1.29, 1.82) is 0 Å². The molecule has 248 valence electrons. The average Bonchev–Trinajstić information content (AvgIpc) is 3.60. The fourth-order valence-corrected chi connectivity index (χ4v) is 8.66. The SMILES string of the molecule is COc1ccc2ccc(-c3cnn4c(N(COCC[Si](C)(C)C)COCC[Si](C)(C)C)cc(C5C[C@H]6CC[C@@H](C5)C6)nc34)cc2c1. The molecule has 0 saturated heterocycles. The van der Waals surface area contributed by atoms with Gasteiger partial charge in [0.1, 0.15) is 25.0 Å². The van der Waals surface area contributed by atoms with Gasteiger partial charge in [0.2, 0.25) is 0 Å². The Morgan fingerprint density at radius 2 is 1.46 bits per heavy atom. The van der Waals surface area contributed by atoms with Crippen molar-refractivity contribution in [3.8, 4) is 16.9 Å². The van der Waals surface area contributed by atoms with Gasteiger partial charge in [0.05, 0.1) is 13.3 Å². The molecule has 0 radical (unpaired) electrons. The fourth-order valence-electron chi connectivity index (χ4n) is 7.15. The molecule has 2 aromatic carbocycles. The lowest BCUT2D eigenvalue weighted by molar-refractivity contribution is 0.0942. The van der Waals surface area contributed by atoms with Crippen LogP contribution < -0.4 is 9.64 Å². The van der Waals surface area contributed by atoms with E-state index in [9.17, 15) is 0 Å². The summed E-state index contributed by atoms with van der Waals surface area (Å²) < 4.78 is 20.3. The van der Waals surface area contributed by atoms with Gasteiger partial charge < -0.3 is 19.1 Å². The molecule has 7 nitrogen and oxygen atoms in total. The minimum Gasteiger partial charge on any atom is -0.497 e. The summed E-state index contributed by atoms with van der Waals surface area (Å²) in [5.74, 6) is 4.00.